The van der Waals surface area contributed by atoms with Crippen molar-refractivity contribution in [3.8, 4) is 0 Å². The number of aryl methyl sites for hydroxylation is 3. The van der Waals surface area contributed by atoms with Crippen LogP contribution in [-0.4, -0.2) is 63.4 Å². The zero-order valence-corrected chi connectivity index (χ0v) is 17.7. The Morgan fingerprint density at radius 3 is 2.72 bits per heavy atom. The summed E-state index contributed by atoms with van der Waals surface area (Å²) in [5.74, 6) is -0.164. The molecule has 1 N–H and O–H groups in total. The molecule has 8 heteroatoms. The molecular weight excluding hydrogens is 368 g/mol. The molecule has 1 aliphatic heterocycles. The predicted octanol–water partition coefficient (Wildman–Crippen LogP) is 3.07. The Labute approximate surface area is 171 Å². The van der Waals surface area contributed by atoms with Gasteiger partial charge in [0.15, 0.2) is 5.69 Å². The average molecular weight is 399 g/mol. The minimum Gasteiger partial charge on any atom is -0.343 e. The summed E-state index contributed by atoms with van der Waals surface area (Å²) in [4.78, 5) is 28.3. The highest BCUT2D eigenvalue weighted by atomic mass is 16.2. The molecule has 1 aromatic heterocycles. The third kappa shape index (κ3) is 5.13. The number of rotatable bonds is 5. The van der Waals surface area contributed by atoms with Crippen LogP contribution in [0.4, 0.5) is 10.5 Å². The van der Waals surface area contributed by atoms with Crippen LogP contribution in [0.1, 0.15) is 47.3 Å². The zero-order valence-electron chi connectivity index (χ0n) is 17.7. The Morgan fingerprint density at radius 1 is 1.21 bits per heavy atom. The van der Waals surface area contributed by atoms with Gasteiger partial charge in [-0.05, 0) is 62.8 Å². The number of likely N-dealkylation sites (tertiary alicyclic amines) is 1. The van der Waals surface area contributed by atoms with Crippen LogP contribution in [0.25, 0.3) is 0 Å². The predicted molar refractivity (Wildman–Crippen MR) is 112 cm³/mol. The second kappa shape index (κ2) is 9.07. The van der Waals surface area contributed by atoms with Crippen LogP contribution in [0.15, 0.2) is 24.4 Å². The molecule has 0 aliphatic carbocycles. The number of anilines is 1. The molecule has 1 unspecified atom stereocenters. The number of amides is 3. The van der Waals surface area contributed by atoms with Gasteiger partial charge in [0, 0.05) is 38.9 Å². The molecule has 0 bridgehead atoms. The molecule has 1 fully saturated rings. The molecule has 8 nitrogen and oxygen atoms in total. The normalized spacial score (nSPS) is 16.6. The van der Waals surface area contributed by atoms with E-state index >= 15 is 0 Å². The fraction of sp³-hybridized carbons (Fsp3) is 0.524. The molecule has 29 heavy (non-hydrogen) atoms. The number of hydrogen-bond acceptors (Lipinski definition) is 4. The lowest BCUT2D eigenvalue weighted by Gasteiger charge is -2.35. The minimum absolute atomic E-state index is 0.0555. The van der Waals surface area contributed by atoms with E-state index < -0.39 is 0 Å². The number of urea groups is 1. The lowest BCUT2D eigenvalue weighted by molar-refractivity contribution is 0.0822. The Hall–Kier alpha value is -2.90. The van der Waals surface area contributed by atoms with E-state index in [2.05, 4.69) is 22.6 Å². The summed E-state index contributed by atoms with van der Waals surface area (Å²) in [6.07, 6.45) is 5.55. The van der Waals surface area contributed by atoms with Gasteiger partial charge < -0.3 is 15.1 Å². The van der Waals surface area contributed by atoms with Crippen molar-refractivity contribution in [3.05, 3.63) is 41.2 Å². The van der Waals surface area contributed by atoms with Gasteiger partial charge in [0.05, 0.1) is 6.20 Å². The number of carbonyl (C=O) groups is 2. The van der Waals surface area contributed by atoms with Gasteiger partial charge in [-0.1, -0.05) is 11.3 Å². The Bertz CT molecular complexity index is 876. The van der Waals surface area contributed by atoms with Crippen molar-refractivity contribution in [3.63, 3.8) is 0 Å². The second-order valence-electron chi connectivity index (χ2n) is 7.93. The number of nitrogens with one attached hydrogen (secondary N) is 1. The lowest BCUT2D eigenvalue weighted by Crippen LogP contribution is -2.46. The number of carbonyl (C=O) groups excluding carboxylic acids is 2. The van der Waals surface area contributed by atoms with Crippen LogP contribution in [0.5, 0.6) is 0 Å². The van der Waals surface area contributed by atoms with Crippen LogP contribution in [-0.2, 0) is 6.54 Å². The Morgan fingerprint density at radius 2 is 2.00 bits per heavy atom. The molecule has 2 aromatic rings. The van der Waals surface area contributed by atoms with Crippen LogP contribution in [0.3, 0.4) is 0 Å². The summed E-state index contributed by atoms with van der Waals surface area (Å²) in [5, 5.41) is 11.1. The molecule has 3 amide bonds. The van der Waals surface area contributed by atoms with E-state index in [1.807, 2.05) is 30.0 Å². The van der Waals surface area contributed by atoms with Crippen LogP contribution >= 0.6 is 0 Å². The highest BCUT2D eigenvalue weighted by Gasteiger charge is 2.27. The zero-order chi connectivity index (χ0) is 21.0. The van der Waals surface area contributed by atoms with Gasteiger partial charge in [-0.2, -0.15) is 0 Å². The summed E-state index contributed by atoms with van der Waals surface area (Å²) < 4.78 is 1.69. The molecule has 1 aliphatic rings. The van der Waals surface area contributed by atoms with E-state index in [0.29, 0.717) is 12.2 Å². The smallest absolute Gasteiger partial charge is 0.322 e. The van der Waals surface area contributed by atoms with E-state index in [4.69, 9.17) is 0 Å². The van der Waals surface area contributed by atoms with Crippen molar-refractivity contribution in [2.75, 3.05) is 26.0 Å². The summed E-state index contributed by atoms with van der Waals surface area (Å²) in [6.45, 7) is 5.47. The van der Waals surface area contributed by atoms with Crippen molar-refractivity contribution in [2.24, 2.45) is 0 Å². The maximum atomic E-state index is 12.9. The monoisotopic (exact) mass is 398 g/mol. The Kier molecular flexibility index (Phi) is 6.51. The number of benzene rings is 1. The van der Waals surface area contributed by atoms with Gasteiger partial charge in [-0.15, -0.1) is 5.10 Å². The molecular formula is C21H30N6O2. The summed E-state index contributed by atoms with van der Waals surface area (Å²) >= 11 is 0. The van der Waals surface area contributed by atoms with E-state index in [1.165, 1.54) is 10.5 Å². The highest BCUT2D eigenvalue weighted by molar-refractivity contribution is 5.91. The molecule has 1 aromatic carbocycles. The van der Waals surface area contributed by atoms with Crippen LogP contribution in [0, 0.1) is 13.8 Å². The first-order valence-corrected chi connectivity index (χ1v) is 10.1. The van der Waals surface area contributed by atoms with Gasteiger partial charge in [0.25, 0.3) is 5.91 Å². The van der Waals surface area contributed by atoms with Crippen molar-refractivity contribution >= 4 is 17.6 Å². The summed E-state index contributed by atoms with van der Waals surface area (Å²) in [5.41, 5.74) is 3.53. The third-order valence-corrected chi connectivity index (χ3v) is 5.50. The largest absolute Gasteiger partial charge is 0.343 e. The standard InChI is InChI=1S/C21H30N6O2/c1-15-8-9-17(13-16(15)2)22-21(29)27-11-6-5-7-18(27)10-12-26-14-19(23-24-26)20(28)25(3)4/h8-9,13-14,18H,5-7,10-12H2,1-4H3,(H,22,29). The van der Waals surface area contributed by atoms with Crippen LogP contribution in [0.2, 0.25) is 0 Å². The minimum atomic E-state index is -0.164. The van der Waals surface area contributed by atoms with Crippen molar-refractivity contribution in [1.29, 1.82) is 0 Å². The first-order chi connectivity index (χ1) is 13.8. The number of piperidine rings is 1. The van der Waals surface area contributed by atoms with Gasteiger partial charge >= 0.3 is 6.03 Å². The van der Waals surface area contributed by atoms with E-state index in [0.717, 1.165) is 43.5 Å². The summed E-state index contributed by atoms with van der Waals surface area (Å²) in [6, 6.07) is 6.06. The molecule has 0 radical (unpaired) electrons. The fourth-order valence-electron chi connectivity index (χ4n) is 3.60. The highest BCUT2D eigenvalue weighted by Crippen LogP contribution is 2.22. The van der Waals surface area contributed by atoms with Crippen molar-refractivity contribution in [2.45, 2.75) is 52.1 Å². The lowest BCUT2D eigenvalue weighted by atomic mass is 10.00. The molecule has 1 atom stereocenters. The number of nitrogens with zero attached hydrogens (tertiary/aromatic N) is 5. The first kappa shape index (κ1) is 20.8. The third-order valence-electron chi connectivity index (χ3n) is 5.50. The van der Waals surface area contributed by atoms with Gasteiger partial charge in [-0.25, -0.2) is 4.79 Å². The van der Waals surface area contributed by atoms with E-state index in [1.54, 1.807) is 25.0 Å². The van der Waals surface area contributed by atoms with Gasteiger partial charge in [-0.3, -0.25) is 9.48 Å². The molecule has 0 saturated carbocycles. The van der Waals surface area contributed by atoms with Gasteiger partial charge in [0.1, 0.15) is 0 Å². The molecule has 2 heterocycles. The van der Waals surface area contributed by atoms with Gasteiger partial charge in [0.2, 0.25) is 0 Å². The maximum absolute atomic E-state index is 12.9. The number of hydrogen-bond donors (Lipinski definition) is 1. The SMILES string of the molecule is Cc1ccc(NC(=O)N2CCCCC2CCn2cc(C(=O)N(C)C)nn2)cc1C. The van der Waals surface area contributed by atoms with E-state index in [-0.39, 0.29) is 18.0 Å². The number of aromatic nitrogens is 3. The average Bonchev–Trinajstić information content (AvgIpc) is 3.17. The molecule has 0 spiro atoms. The van der Waals surface area contributed by atoms with Crippen molar-refractivity contribution in [1.82, 2.24) is 24.8 Å². The second-order valence-corrected chi connectivity index (χ2v) is 7.93. The maximum Gasteiger partial charge on any atom is 0.322 e. The first-order valence-electron chi connectivity index (χ1n) is 10.1. The van der Waals surface area contributed by atoms with E-state index in [9.17, 15) is 9.59 Å². The molecule has 156 valence electrons. The van der Waals surface area contributed by atoms with Crippen molar-refractivity contribution < 1.29 is 9.59 Å². The molecule has 3 rings (SSSR count). The fourth-order valence-corrected chi connectivity index (χ4v) is 3.60. The van der Waals surface area contributed by atoms with Crippen LogP contribution < -0.4 is 5.32 Å². The topological polar surface area (TPSA) is 83.4 Å². The molecule has 1 saturated heterocycles. The summed E-state index contributed by atoms with van der Waals surface area (Å²) in [7, 11) is 3.38. The quantitative estimate of drug-likeness (QED) is 0.839. The Balaban J connectivity index is 1.61.